The molecule has 1 heterocycles. The fourth-order valence-electron chi connectivity index (χ4n) is 1.74. The first kappa shape index (κ1) is 11.3. The van der Waals surface area contributed by atoms with E-state index in [-0.39, 0.29) is 0 Å². The zero-order valence-corrected chi connectivity index (χ0v) is 9.22. The maximum absolute atomic E-state index is 5.71. The van der Waals surface area contributed by atoms with Gasteiger partial charge in [0.15, 0.2) is 0 Å². The Bertz CT molecular complexity index is 123. The van der Waals surface area contributed by atoms with Crippen molar-refractivity contribution in [3.63, 3.8) is 0 Å². The highest BCUT2D eigenvalue weighted by molar-refractivity contribution is 6.18. The quantitative estimate of drug-likeness (QED) is 0.638. The third-order valence-corrected chi connectivity index (χ3v) is 2.75. The van der Waals surface area contributed by atoms with E-state index >= 15 is 0 Å². The van der Waals surface area contributed by atoms with Crippen LogP contribution in [0, 0.1) is 0 Å². The number of alkyl halides is 1. The van der Waals surface area contributed by atoms with Crippen LogP contribution in [0.1, 0.15) is 26.2 Å². The van der Waals surface area contributed by atoms with Crippen molar-refractivity contribution in [3.8, 4) is 0 Å². The molecule has 13 heavy (non-hydrogen) atoms. The summed E-state index contributed by atoms with van der Waals surface area (Å²) in [5, 5.41) is 0. The molecule has 0 bridgehead atoms. The summed E-state index contributed by atoms with van der Waals surface area (Å²) in [7, 11) is 0. The molecule has 78 valence electrons. The molecule has 0 aromatic carbocycles. The lowest BCUT2D eigenvalue weighted by molar-refractivity contribution is -0.00385. The van der Waals surface area contributed by atoms with E-state index in [0.717, 1.165) is 32.1 Å². The molecule has 1 saturated heterocycles. The van der Waals surface area contributed by atoms with Crippen LogP contribution in [0.5, 0.6) is 0 Å². The van der Waals surface area contributed by atoms with Crippen molar-refractivity contribution >= 4 is 11.6 Å². The highest BCUT2D eigenvalue weighted by Crippen LogP contribution is 2.13. The van der Waals surface area contributed by atoms with Crippen molar-refractivity contribution in [2.75, 3.05) is 32.1 Å². The first-order chi connectivity index (χ1) is 6.36. The van der Waals surface area contributed by atoms with Gasteiger partial charge in [-0.2, -0.15) is 0 Å². The van der Waals surface area contributed by atoms with E-state index in [1.807, 2.05) is 0 Å². The Hall–Kier alpha value is 0.210. The molecule has 3 heteroatoms. The Balaban J connectivity index is 2.18. The first-order valence-electron chi connectivity index (χ1n) is 5.26. The molecule has 1 aliphatic rings. The first-order valence-corrected chi connectivity index (χ1v) is 5.80. The predicted molar refractivity (Wildman–Crippen MR) is 56.4 cm³/mol. The summed E-state index contributed by atoms with van der Waals surface area (Å²) >= 11 is 5.71. The van der Waals surface area contributed by atoms with Gasteiger partial charge in [-0.1, -0.05) is 6.92 Å². The number of likely N-dealkylation sites (N-methyl/N-ethyl adjacent to an activating group) is 1. The molecule has 2 nitrogen and oxygen atoms in total. The summed E-state index contributed by atoms with van der Waals surface area (Å²) in [5.41, 5.74) is 0. The van der Waals surface area contributed by atoms with Crippen molar-refractivity contribution in [1.29, 1.82) is 0 Å². The van der Waals surface area contributed by atoms with Gasteiger partial charge in [0.2, 0.25) is 0 Å². The van der Waals surface area contributed by atoms with Crippen LogP contribution in [-0.4, -0.2) is 43.1 Å². The van der Waals surface area contributed by atoms with E-state index in [1.165, 1.54) is 19.3 Å². The lowest BCUT2D eigenvalue weighted by atomic mass is 10.1. The minimum absolute atomic E-state index is 0.455. The summed E-state index contributed by atoms with van der Waals surface area (Å²) in [6.07, 6.45) is 4.23. The van der Waals surface area contributed by atoms with E-state index in [1.54, 1.807) is 0 Å². The minimum Gasteiger partial charge on any atom is -0.377 e. The molecule has 1 atom stereocenters. The van der Waals surface area contributed by atoms with Crippen molar-refractivity contribution in [2.45, 2.75) is 32.3 Å². The van der Waals surface area contributed by atoms with Gasteiger partial charge in [0, 0.05) is 25.6 Å². The van der Waals surface area contributed by atoms with Crippen LogP contribution in [0.25, 0.3) is 0 Å². The van der Waals surface area contributed by atoms with Crippen LogP contribution >= 0.6 is 11.6 Å². The average molecular weight is 206 g/mol. The zero-order chi connectivity index (χ0) is 9.52. The molecule has 0 radical (unpaired) electrons. The molecule has 1 aliphatic heterocycles. The fourth-order valence-corrected chi connectivity index (χ4v) is 1.98. The van der Waals surface area contributed by atoms with Gasteiger partial charge in [-0.25, -0.2) is 0 Å². The Morgan fingerprint density at radius 2 is 2.31 bits per heavy atom. The molecular weight excluding hydrogens is 186 g/mol. The number of hydrogen-bond acceptors (Lipinski definition) is 2. The molecule has 1 fully saturated rings. The van der Waals surface area contributed by atoms with E-state index in [9.17, 15) is 0 Å². The van der Waals surface area contributed by atoms with Crippen molar-refractivity contribution in [1.82, 2.24) is 4.90 Å². The summed E-state index contributed by atoms with van der Waals surface area (Å²) in [5.74, 6) is 0.723. The highest BCUT2D eigenvalue weighted by Gasteiger charge is 2.16. The minimum atomic E-state index is 0.455. The monoisotopic (exact) mass is 205 g/mol. The number of nitrogens with zero attached hydrogens (tertiary/aromatic N) is 1. The maximum Gasteiger partial charge on any atom is 0.0702 e. The summed E-state index contributed by atoms with van der Waals surface area (Å²) in [4.78, 5) is 2.36. The number of ether oxygens (including phenoxy) is 1. The van der Waals surface area contributed by atoms with Crippen LogP contribution in [-0.2, 0) is 4.74 Å². The van der Waals surface area contributed by atoms with Crippen LogP contribution < -0.4 is 0 Å². The third-order valence-electron chi connectivity index (χ3n) is 2.58. The van der Waals surface area contributed by atoms with Gasteiger partial charge in [0.05, 0.1) is 6.10 Å². The van der Waals surface area contributed by atoms with Gasteiger partial charge in [0.1, 0.15) is 0 Å². The van der Waals surface area contributed by atoms with Crippen LogP contribution in [0.2, 0.25) is 0 Å². The molecule has 0 aliphatic carbocycles. The molecule has 1 rings (SSSR count). The Morgan fingerprint density at radius 1 is 1.46 bits per heavy atom. The lowest BCUT2D eigenvalue weighted by Gasteiger charge is -2.28. The van der Waals surface area contributed by atoms with E-state index < -0.39 is 0 Å². The topological polar surface area (TPSA) is 12.5 Å². The normalized spacial score (nSPS) is 23.8. The van der Waals surface area contributed by atoms with Gasteiger partial charge in [-0.15, -0.1) is 11.6 Å². The van der Waals surface area contributed by atoms with Crippen LogP contribution in [0.15, 0.2) is 0 Å². The second kappa shape index (κ2) is 6.63. The molecule has 0 saturated carbocycles. The number of hydrogen-bond donors (Lipinski definition) is 0. The van der Waals surface area contributed by atoms with Crippen molar-refractivity contribution < 1.29 is 4.74 Å². The highest BCUT2D eigenvalue weighted by atomic mass is 35.5. The summed E-state index contributed by atoms with van der Waals surface area (Å²) in [6, 6.07) is 0. The number of halogens is 1. The summed E-state index contributed by atoms with van der Waals surface area (Å²) in [6.45, 7) is 6.24. The van der Waals surface area contributed by atoms with E-state index in [0.29, 0.717) is 6.10 Å². The molecule has 0 aromatic rings. The molecule has 0 aromatic heterocycles. The van der Waals surface area contributed by atoms with Crippen LogP contribution in [0.4, 0.5) is 0 Å². The number of rotatable bonds is 5. The van der Waals surface area contributed by atoms with Crippen molar-refractivity contribution in [3.05, 3.63) is 0 Å². The maximum atomic E-state index is 5.71. The van der Waals surface area contributed by atoms with Gasteiger partial charge >= 0.3 is 0 Å². The second-order valence-corrected chi connectivity index (χ2v) is 3.95. The molecule has 0 amide bonds. The average Bonchev–Trinajstić information content (AvgIpc) is 2.19. The molecule has 0 N–H and O–H groups in total. The SMILES string of the molecule is CCN(CCCl)CC1CCCCO1. The summed E-state index contributed by atoms with van der Waals surface area (Å²) < 4.78 is 5.67. The van der Waals surface area contributed by atoms with E-state index in [2.05, 4.69) is 11.8 Å². The predicted octanol–water partition coefficient (Wildman–Crippen LogP) is 2.12. The van der Waals surface area contributed by atoms with Gasteiger partial charge in [0.25, 0.3) is 0 Å². The molecule has 1 unspecified atom stereocenters. The Kier molecular flexibility index (Phi) is 5.76. The van der Waals surface area contributed by atoms with E-state index in [4.69, 9.17) is 16.3 Å². The van der Waals surface area contributed by atoms with Crippen LogP contribution in [0.3, 0.4) is 0 Å². The molecule has 0 spiro atoms. The largest absolute Gasteiger partial charge is 0.377 e. The standard InChI is InChI=1S/C10H20ClNO/c1-2-12(7-6-11)9-10-5-3-4-8-13-10/h10H,2-9H2,1H3. The third kappa shape index (κ3) is 4.30. The Labute approximate surface area is 86.2 Å². The Morgan fingerprint density at radius 3 is 2.85 bits per heavy atom. The fraction of sp³-hybridized carbons (Fsp3) is 1.00. The second-order valence-electron chi connectivity index (χ2n) is 3.57. The van der Waals surface area contributed by atoms with Gasteiger partial charge in [-0.3, -0.25) is 4.90 Å². The smallest absolute Gasteiger partial charge is 0.0702 e. The van der Waals surface area contributed by atoms with Crippen molar-refractivity contribution in [2.24, 2.45) is 0 Å². The van der Waals surface area contributed by atoms with Gasteiger partial charge < -0.3 is 4.74 Å². The lowest BCUT2D eigenvalue weighted by Crippen LogP contribution is -2.36. The van der Waals surface area contributed by atoms with Gasteiger partial charge in [-0.05, 0) is 25.8 Å². The molecular formula is C10H20ClNO. The zero-order valence-electron chi connectivity index (χ0n) is 8.47.